The van der Waals surface area contributed by atoms with E-state index >= 15 is 0 Å². The van der Waals surface area contributed by atoms with E-state index in [1.165, 1.54) is 0 Å². The van der Waals surface area contributed by atoms with Crippen LogP contribution in [0.25, 0.3) is 0 Å². The first-order chi connectivity index (χ1) is 9.51. The number of hydrogen-bond donors (Lipinski definition) is 1. The van der Waals surface area contributed by atoms with Gasteiger partial charge in [-0.3, -0.25) is 5.10 Å². The Kier molecular flexibility index (Phi) is 3.43. The van der Waals surface area contributed by atoms with Gasteiger partial charge in [-0.2, -0.15) is 20.7 Å². The van der Waals surface area contributed by atoms with Crippen LogP contribution in [-0.4, -0.2) is 29.5 Å². The molecule has 0 saturated carbocycles. The van der Waals surface area contributed by atoms with Crippen LogP contribution in [-0.2, 0) is 10.0 Å². The molecule has 0 amide bonds. The molecule has 0 bridgehead atoms. The van der Waals surface area contributed by atoms with Gasteiger partial charge in [0.05, 0.1) is 17.4 Å². The van der Waals surface area contributed by atoms with Crippen molar-refractivity contribution in [3.05, 3.63) is 33.8 Å². The molecule has 3 heterocycles. The van der Waals surface area contributed by atoms with Crippen molar-refractivity contribution in [1.82, 2.24) is 14.5 Å². The molecule has 2 aromatic rings. The first-order valence-corrected chi connectivity index (χ1v) is 8.95. The number of sulfonamides is 1. The van der Waals surface area contributed by atoms with Gasteiger partial charge in [0, 0.05) is 6.54 Å². The number of H-pyrrole nitrogens is 1. The molecule has 108 valence electrons. The summed E-state index contributed by atoms with van der Waals surface area (Å²) in [5.74, 6) is 0. The van der Waals surface area contributed by atoms with Crippen LogP contribution in [0.15, 0.2) is 21.7 Å². The standard InChI is InChI=1S/C13H17N3O2S2/c1-9-13(10(2)15-14-9)20(17,18)16-6-3-4-12(16)11-5-7-19-8-11/h5,7-8,12H,3-4,6H2,1-2H3,(H,14,15). The lowest BCUT2D eigenvalue weighted by Gasteiger charge is -2.23. The van der Waals surface area contributed by atoms with Crippen molar-refractivity contribution < 1.29 is 8.42 Å². The minimum Gasteiger partial charge on any atom is -0.281 e. The van der Waals surface area contributed by atoms with Gasteiger partial charge in [-0.1, -0.05) is 0 Å². The quantitative estimate of drug-likeness (QED) is 0.947. The van der Waals surface area contributed by atoms with Crippen molar-refractivity contribution in [1.29, 1.82) is 0 Å². The van der Waals surface area contributed by atoms with E-state index in [0.29, 0.717) is 22.8 Å². The maximum Gasteiger partial charge on any atom is 0.247 e. The van der Waals surface area contributed by atoms with Crippen molar-refractivity contribution in [2.75, 3.05) is 6.54 Å². The zero-order chi connectivity index (χ0) is 14.3. The predicted octanol–water partition coefficient (Wildman–Crippen LogP) is 2.61. The highest BCUT2D eigenvalue weighted by Gasteiger charge is 2.38. The smallest absolute Gasteiger partial charge is 0.247 e. The van der Waals surface area contributed by atoms with Crippen LogP contribution in [0.5, 0.6) is 0 Å². The number of hydrogen-bond acceptors (Lipinski definition) is 4. The van der Waals surface area contributed by atoms with Gasteiger partial charge in [-0.05, 0) is 49.1 Å². The Morgan fingerprint density at radius 3 is 2.85 bits per heavy atom. The lowest BCUT2D eigenvalue weighted by Crippen LogP contribution is -2.31. The third-order valence-electron chi connectivity index (χ3n) is 3.76. The van der Waals surface area contributed by atoms with Gasteiger partial charge in [0.2, 0.25) is 10.0 Å². The molecule has 1 saturated heterocycles. The van der Waals surface area contributed by atoms with Crippen molar-refractivity contribution >= 4 is 21.4 Å². The zero-order valence-electron chi connectivity index (χ0n) is 11.5. The number of thiophene rings is 1. The van der Waals surface area contributed by atoms with Crippen molar-refractivity contribution in [3.8, 4) is 0 Å². The van der Waals surface area contributed by atoms with Gasteiger partial charge in [0.1, 0.15) is 4.90 Å². The molecule has 0 radical (unpaired) electrons. The van der Waals surface area contributed by atoms with Gasteiger partial charge in [-0.15, -0.1) is 0 Å². The average Bonchev–Trinajstić information content (AvgIpc) is 3.08. The first-order valence-electron chi connectivity index (χ1n) is 6.57. The SMILES string of the molecule is Cc1n[nH]c(C)c1S(=O)(=O)N1CCCC1c1ccsc1. The Bertz CT molecular complexity index is 685. The van der Waals surface area contributed by atoms with E-state index in [0.717, 1.165) is 18.4 Å². The fraction of sp³-hybridized carbons (Fsp3) is 0.462. The Morgan fingerprint density at radius 1 is 1.45 bits per heavy atom. The van der Waals surface area contributed by atoms with Crippen LogP contribution in [0.3, 0.4) is 0 Å². The van der Waals surface area contributed by atoms with Crippen LogP contribution in [0.1, 0.15) is 35.8 Å². The third-order valence-corrected chi connectivity index (χ3v) is 6.63. The second kappa shape index (κ2) is 4.98. The topological polar surface area (TPSA) is 66.1 Å². The lowest BCUT2D eigenvalue weighted by molar-refractivity contribution is 0.397. The highest BCUT2D eigenvalue weighted by atomic mass is 32.2. The molecule has 0 aliphatic carbocycles. The van der Waals surface area contributed by atoms with Crippen LogP contribution < -0.4 is 0 Å². The third kappa shape index (κ3) is 2.10. The molecule has 0 aromatic carbocycles. The van der Waals surface area contributed by atoms with Gasteiger partial charge >= 0.3 is 0 Å². The van der Waals surface area contributed by atoms with Crippen LogP contribution in [0.4, 0.5) is 0 Å². The molecule has 5 nitrogen and oxygen atoms in total. The van der Waals surface area contributed by atoms with E-state index in [9.17, 15) is 8.42 Å². The predicted molar refractivity (Wildman–Crippen MR) is 78.2 cm³/mol. The second-order valence-electron chi connectivity index (χ2n) is 5.09. The molecule has 0 spiro atoms. The summed E-state index contributed by atoms with van der Waals surface area (Å²) in [6, 6.07) is 1.97. The highest BCUT2D eigenvalue weighted by Crippen LogP contribution is 2.38. The number of aromatic amines is 1. The summed E-state index contributed by atoms with van der Waals surface area (Å²) >= 11 is 1.60. The minimum absolute atomic E-state index is 0.0417. The summed E-state index contributed by atoms with van der Waals surface area (Å²) in [6.07, 6.45) is 1.78. The monoisotopic (exact) mass is 311 g/mol. The first kappa shape index (κ1) is 13.8. The molecular formula is C13H17N3O2S2. The maximum absolute atomic E-state index is 12.9. The second-order valence-corrected chi connectivity index (χ2v) is 7.70. The Morgan fingerprint density at radius 2 is 2.25 bits per heavy atom. The van der Waals surface area contributed by atoms with E-state index in [1.54, 1.807) is 29.5 Å². The van der Waals surface area contributed by atoms with Crippen LogP contribution >= 0.6 is 11.3 Å². The van der Waals surface area contributed by atoms with Gasteiger partial charge < -0.3 is 0 Å². The van der Waals surface area contributed by atoms with E-state index in [1.807, 2.05) is 16.8 Å². The van der Waals surface area contributed by atoms with Crippen molar-refractivity contribution in [2.24, 2.45) is 0 Å². The van der Waals surface area contributed by atoms with E-state index < -0.39 is 10.0 Å². The fourth-order valence-corrected chi connectivity index (χ4v) is 5.59. The number of aryl methyl sites for hydroxylation is 2. The molecule has 20 heavy (non-hydrogen) atoms. The minimum atomic E-state index is -3.49. The fourth-order valence-electron chi connectivity index (χ4n) is 2.86. The number of aromatic nitrogens is 2. The Balaban J connectivity index is 2.03. The molecule has 1 aliphatic heterocycles. The van der Waals surface area contributed by atoms with Crippen molar-refractivity contribution in [3.63, 3.8) is 0 Å². The van der Waals surface area contributed by atoms with E-state index in [4.69, 9.17) is 0 Å². The van der Waals surface area contributed by atoms with Gasteiger partial charge in [-0.25, -0.2) is 8.42 Å². The molecule has 3 rings (SSSR count). The number of nitrogens with one attached hydrogen (secondary N) is 1. The molecule has 1 fully saturated rings. The highest BCUT2D eigenvalue weighted by molar-refractivity contribution is 7.89. The zero-order valence-corrected chi connectivity index (χ0v) is 13.1. The summed E-state index contributed by atoms with van der Waals surface area (Å²) in [6.45, 7) is 4.06. The van der Waals surface area contributed by atoms with Crippen molar-refractivity contribution in [2.45, 2.75) is 37.6 Å². The molecule has 2 aromatic heterocycles. The molecule has 1 unspecified atom stereocenters. The Hall–Kier alpha value is -1.18. The van der Waals surface area contributed by atoms with Crippen LogP contribution in [0, 0.1) is 13.8 Å². The molecule has 7 heteroatoms. The lowest BCUT2D eigenvalue weighted by atomic mass is 10.1. The molecular weight excluding hydrogens is 294 g/mol. The average molecular weight is 311 g/mol. The number of rotatable bonds is 3. The summed E-state index contributed by atoms with van der Waals surface area (Å²) in [5.41, 5.74) is 2.24. The summed E-state index contributed by atoms with van der Waals surface area (Å²) in [7, 11) is -3.49. The van der Waals surface area contributed by atoms with Gasteiger partial charge in [0.15, 0.2) is 0 Å². The molecule has 1 N–H and O–H groups in total. The van der Waals surface area contributed by atoms with Gasteiger partial charge in [0.25, 0.3) is 0 Å². The maximum atomic E-state index is 12.9. The summed E-state index contributed by atoms with van der Waals surface area (Å²) in [5, 5.41) is 10.8. The summed E-state index contributed by atoms with van der Waals surface area (Å²) < 4.78 is 27.4. The summed E-state index contributed by atoms with van der Waals surface area (Å²) in [4.78, 5) is 0.333. The molecule has 1 atom stereocenters. The van der Waals surface area contributed by atoms with Crippen LogP contribution in [0.2, 0.25) is 0 Å². The number of nitrogens with zero attached hydrogens (tertiary/aromatic N) is 2. The largest absolute Gasteiger partial charge is 0.281 e. The normalized spacial score (nSPS) is 20.6. The van der Waals surface area contributed by atoms with E-state index in [2.05, 4.69) is 10.2 Å². The van der Waals surface area contributed by atoms with E-state index in [-0.39, 0.29) is 6.04 Å². The molecule has 1 aliphatic rings. The Labute approximate surface area is 122 Å².